The van der Waals surface area contributed by atoms with Gasteiger partial charge in [-0.15, -0.1) is 0 Å². The van der Waals surface area contributed by atoms with E-state index in [9.17, 15) is 14.7 Å². The molecule has 1 aliphatic carbocycles. The van der Waals surface area contributed by atoms with E-state index in [0.717, 1.165) is 69.8 Å². The third kappa shape index (κ3) is 8.44. The number of aliphatic hydroxyl groups excluding tert-OH is 1. The first-order chi connectivity index (χ1) is 11.5. The summed E-state index contributed by atoms with van der Waals surface area (Å²) in [6.45, 7) is 2.16. The number of unbranched alkanes of at least 4 members (excludes halogenated alkanes) is 4. The van der Waals surface area contributed by atoms with Crippen molar-refractivity contribution in [3.05, 3.63) is 23.3 Å². The molecule has 0 saturated heterocycles. The van der Waals surface area contributed by atoms with Crippen molar-refractivity contribution in [2.45, 2.75) is 90.1 Å². The Kier molecular flexibility index (Phi) is 10.3. The van der Waals surface area contributed by atoms with Gasteiger partial charge in [0.15, 0.2) is 5.78 Å². The highest BCUT2D eigenvalue weighted by Crippen LogP contribution is 2.31. The molecule has 2 N–H and O–H groups in total. The van der Waals surface area contributed by atoms with Crippen molar-refractivity contribution in [1.82, 2.24) is 0 Å². The number of Topliss-reactive ketones (excluding diaryl/α,β-unsaturated/α-hetero) is 1. The van der Waals surface area contributed by atoms with Gasteiger partial charge in [-0.1, -0.05) is 37.8 Å². The molecule has 0 radical (unpaired) electrons. The zero-order chi connectivity index (χ0) is 17.8. The number of aliphatic hydroxyl groups is 1. The molecule has 0 aromatic carbocycles. The Morgan fingerprint density at radius 2 is 1.92 bits per heavy atom. The number of hydrogen-bond acceptors (Lipinski definition) is 3. The number of rotatable bonds is 13. The molecule has 1 rings (SSSR count). The van der Waals surface area contributed by atoms with Gasteiger partial charge < -0.3 is 10.2 Å². The van der Waals surface area contributed by atoms with Gasteiger partial charge in [-0.2, -0.15) is 0 Å². The van der Waals surface area contributed by atoms with Crippen molar-refractivity contribution in [1.29, 1.82) is 0 Å². The molecule has 0 aromatic heterocycles. The van der Waals surface area contributed by atoms with Gasteiger partial charge in [0.1, 0.15) is 0 Å². The van der Waals surface area contributed by atoms with Crippen LogP contribution in [0.5, 0.6) is 0 Å². The Labute approximate surface area is 145 Å². The Morgan fingerprint density at radius 3 is 2.62 bits per heavy atom. The molecule has 0 fully saturated rings. The molecule has 136 valence electrons. The van der Waals surface area contributed by atoms with Gasteiger partial charge in [-0.05, 0) is 56.9 Å². The molecule has 0 amide bonds. The van der Waals surface area contributed by atoms with Crippen LogP contribution in [0.4, 0.5) is 0 Å². The lowest BCUT2D eigenvalue weighted by Gasteiger charge is -2.12. The molecule has 1 aliphatic rings. The SMILES string of the molecule is CCCCC[C@H](O)CCC1=C(CCCCC=CC(=O)O)C(=O)CC1. The summed E-state index contributed by atoms with van der Waals surface area (Å²) >= 11 is 0. The lowest BCUT2D eigenvalue weighted by atomic mass is 9.97. The largest absolute Gasteiger partial charge is 0.478 e. The van der Waals surface area contributed by atoms with Crippen LogP contribution in [0.15, 0.2) is 23.3 Å². The molecular weight excluding hydrogens is 304 g/mol. The summed E-state index contributed by atoms with van der Waals surface area (Å²) in [4.78, 5) is 22.4. The number of carbonyl (C=O) groups is 2. The lowest BCUT2D eigenvalue weighted by molar-refractivity contribution is -0.131. The number of allylic oxidation sites excluding steroid dienone is 3. The fourth-order valence-corrected chi connectivity index (χ4v) is 3.22. The van der Waals surface area contributed by atoms with Gasteiger partial charge in [0.25, 0.3) is 0 Å². The highest BCUT2D eigenvalue weighted by Gasteiger charge is 2.22. The van der Waals surface area contributed by atoms with Crippen LogP contribution in [0.25, 0.3) is 0 Å². The minimum absolute atomic E-state index is 0.248. The number of carbonyl (C=O) groups excluding carboxylic acids is 1. The summed E-state index contributed by atoms with van der Waals surface area (Å²) in [6, 6.07) is 0. The fourth-order valence-electron chi connectivity index (χ4n) is 3.22. The van der Waals surface area contributed by atoms with Crippen LogP contribution in [-0.4, -0.2) is 28.1 Å². The van der Waals surface area contributed by atoms with E-state index >= 15 is 0 Å². The molecule has 0 aromatic rings. The van der Waals surface area contributed by atoms with Crippen LogP contribution >= 0.6 is 0 Å². The third-order valence-corrected chi connectivity index (χ3v) is 4.65. The second-order valence-corrected chi connectivity index (χ2v) is 6.68. The van der Waals surface area contributed by atoms with Crippen molar-refractivity contribution >= 4 is 11.8 Å². The average molecular weight is 336 g/mol. The summed E-state index contributed by atoms with van der Waals surface area (Å²) in [7, 11) is 0. The second kappa shape index (κ2) is 12.0. The third-order valence-electron chi connectivity index (χ3n) is 4.65. The van der Waals surface area contributed by atoms with Gasteiger partial charge in [-0.3, -0.25) is 4.79 Å². The predicted molar refractivity (Wildman–Crippen MR) is 95.9 cm³/mol. The van der Waals surface area contributed by atoms with Gasteiger partial charge in [-0.25, -0.2) is 4.79 Å². The van der Waals surface area contributed by atoms with E-state index in [1.165, 1.54) is 18.1 Å². The molecule has 0 bridgehead atoms. The van der Waals surface area contributed by atoms with Gasteiger partial charge in [0.05, 0.1) is 6.10 Å². The van der Waals surface area contributed by atoms with E-state index in [2.05, 4.69) is 6.92 Å². The molecule has 24 heavy (non-hydrogen) atoms. The Balaban J connectivity index is 2.34. The molecule has 0 heterocycles. The second-order valence-electron chi connectivity index (χ2n) is 6.68. The number of aliphatic carboxylic acids is 1. The van der Waals surface area contributed by atoms with Crippen LogP contribution in [0.2, 0.25) is 0 Å². The molecule has 4 heteroatoms. The Bertz CT molecular complexity index is 462. The van der Waals surface area contributed by atoms with Crippen molar-refractivity contribution in [2.75, 3.05) is 0 Å². The van der Waals surface area contributed by atoms with Gasteiger partial charge in [0.2, 0.25) is 0 Å². The zero-order valence-electron chi connectivity index (χ0n) is 14.9. The van der Waals surface area contributed by atoms with Crippen molar-refractivity contribution in [3.8, 4) is 0 Å². The van der Waals surface area contributed by atoms with Crippen LogP contribution in [0.3, 0.4) is 0 Å². The lowest BCUT2D eigenvalue weighted by Crippen LogP contribution is -2.07. The maximum absolute atomic E-state index is 12.0. The Hall–Kier alpha value is -1.42. The quantitative estimate of drug-likeness (QED) is 0.382. The monoisotopic (exact) mass is 336 g/mol. The minimum atomic E-state index is -0.913. The van der Waals surface area contributed by atoms with Crippen LogP contribution in [0.1, 0.15) is 84.0 Å². The highest BCUT2D eigenvalue weighted by atomic mass is 16.4. The van der Waals surface area contributed by atoms with Crippen molar-refractivity contribution in [2.24, 2.45) is 0 Å². The van der Waals surface area contributed by atoms with E-state index in [1.54, 1.807) is 6.08 Å². The number of hydrogen-bond donors (Lipinski definition) is 2. The number of carboxylic acids is 1. The maximum Gasteiger partial charge on any atom is 0.327 e. The first-order valence-corrected chi connectivity index (χ1v) is 9.36. The number of carboxylic acid groups (broad SMARTS) is 1. The first-order valence-electron chi connectivity index (χ1n) is 9.36. The first kappa shape index (κ1) is 20.6. The predicted octanol–water partition coefficient (Wildman–Crippen LogP) is 4.57. The Morgan fingerprint density at radius 1 is 1.12 bits per heavy atom. The molecule has 0 unspecified atom stereocenters. The van der Waals surface area contributed by atoms with E-state index < -0.39 is 5.97 Å². The standard InChI is InChI=1S/C20H32O4/c1-2-3-6-9-17(21)14-12-16-13-15-19(22)18(16)10-7-4-5-8-11-20(23)24/h8,11,17,21H,2-7,9-10,12-15H2,1H3,(H,23,24)/t17-/m0/s1. The van der Waals surface area contributed by atoms with Crippen molar-refractivity contribution < 1.29 is 19.8 Å². The molecule has 0 saturated carbocycles. The molecule has 1 atom stereocenters. The summed E-state index contributed by atoms with van der Waals surface area (Å²) in [5.74, 6) is -0.644. The smallest absolute Gasteiger partial charge is 0.327 e. The van der Waals surface area contributed by atoms with E-state index in [0.29, 0.717) is 6.42 Å². The average Bonchev–Trinajstić information content (AvgIpc) is 2.89. The topological polar surface area (TPSA) is 74.6 Å². The minimum Gasteiger partial charge on any atom is -0.478 e. The van der Waals surface area contributed by atoms with E-state index in [1.807, 2.05) is 0 Å². The van der Waals surface area contributed by atoms with E-state index in [4.69, 9.17) is 5.11 Å². The zero-order valence-corrected chi connectivity index (χ0v) is 14.9. The van der Waals surface area contributed by atoms with Crippen molar-refractivity contribution in [3.63, 3.8) is 0 Å². The van der Waals surface area contributed by atoms with E-state index in [-0.39, 0.29) is 11.9 Å². The normalized spacial score (nSPS) is 16.3. The summed E-state index contributed by atoms with van der Waals surface area (Å²) in [6.07, 6.45) is 13.3. The summed E-state index contributed by atoms with van der Waals surface area (Å²) < 4.78 is 0. The maximum atomic E-state index is 12.0. The van der Waals surface area contributed by atoms with Gasteiger partial charge >= 0.3 is 5.97 Å². The highest BCUT2D eigenvalue weighted by molar-refractivity contribution is 5.98. The molecule has 0 aliphatic heterocycles. The van der Waals surface area contributed by atoms with Crippen LogP contribution < -0.4 is 0 Å². The number of ketones is 1. The fraction of sp³-hybridized carbons (Fsp3) is 0.700. The molecule has 4 nitrogen and oxygen atoms in total. The molecular formula is C20H32O4. The van der Waals surface area contributed by atoms with Crippen LogP contribution in [0, 0.1) is 0 Å². The summed E-state index contributed by atoms with van der Waals surface area (Å²) in [5, 5.41) is 18.6. The molecule has 0 spiro atoms. The summed E-state index contributed by atoms with van der Waals surface area (Å²) in [5.41, 5.74) is 2.23. The van der Waals surface area contributed by atoms with Gasteiger partial charge in [0, 0.05) is 12.5 Å². The van der Waals surface area contributed by atoms with Crippen LogP contribution in [-0.2, 0) is 9.59 Å².